The van der Waals surface area contributed by atoms with Crippen molar-refractivity contribution in [3.63, 3.8) is 0 Å². The number of nitrogens with one attached hydrogen (secondary N) is 2. The summed E-state index contributed by atoms with van der Waals surface area (Å²) in [5.41, 5.74) is 0.851. The molecule has 0 aliphatic heterocycles. The van der Waals surface area contributed by atoms with E-state index >= 15 is 0 Å². The topological polar surface area (TPSA) is 41.1 Å². The lowest BCUT2D eigenvalue weighted by Gasteiger charge is -2.03. The smallest absolute Gasteiger partial charge is 0.225 e. The van der Waals surface area contributed by atoms with Crippen molar-refractivity contribution in [2.45, 2.75) is 6.42 Å². The maximum absolute atomic E-state index is 11.2. The zero-order valence-corrected chi connectivity index (χ0v) is 7.71. The molecule has 3 heteroatoms. The lowest BCUT2D eigenvalue weighted by atomic mass is 10.3. The number of hydrogen-bond donors (Lipinski definition) is 2. The van der Waals surface area contributed by atoms with Crippen molar-refractivity contribution in [3.8, 4) is 0 Å². The van der Waals surface area contributed by atoms with E-state index in [9.17, 15) is 4.79 Å². The molecule has 0 saturated carbocycles. The first-order valence-corrected chi connectivity index (χ1v) is 4.32. The van der Waals surface area contributed by atoms with Crippen molar-refractivity contribution in [3.05, 3.63) is 30.3 Å². The minimum absolute atomic E-state index is 0.0422. The highest BCUT2D eigenvalue weighted by molar-refractivity contribution is 5.90. The minimum Gasteiger partial charge on any atom is -0.326 e. The fourth-order valence-electron chi connectivity index (χ4n) is 0.984. The third-order valence-corrected chi connectivity index (χ3v) is 1.66. The summed E-state index contributed by atoms with van der Waals surface area (Å²) in [5.74, 6) is 0.0422. The second-order valence-corrected chi connectivity index (χ2v) is 2.77. The van der Waals surface area contributed by atoms with E-state index in [-0.39, 0.29) is 5.91 Å². The Morgan fingerprint density at radius 1 is 1.31 bits per heavy atom. The molecule has 0 bridgehead atoms. The van der Waals surface area contributed by atoms with Gasteiger partial charge in [-0.05, 0) is 19.2 Å². The van der Waals surface area contributed by atoms with Gasteiger partial charge in [0.15, 0.2) is 0 Å². The van der Waals surface area contributed by atoms with E-state index < -0.39 is 0 Å². The molecule has 0 radical (unpaired) electrons. The van der Waals surface area contributed by atoms with E-state index in [0.717, 1.165) is 5.69 Å². The van der Waals surface area contributed by atoms with Crippen LogP contribution >= 0.6 is 0 Å². The van der Waals surface area contributed by atoms with Crippen molar-refractivity contribution in [1.82, 2.24) is 5.32 Å². The maximum atomic E-state index is 11.2. The van der Waals surface area contributed by atoms with Crippen molar-refractivity contribution < 1.29 is 4.79 Å². The average molecular weight is 178 g/mol. The molecule has 1 aromatic carbocycles. The lowest BCUT2D eigenvalue weighted by molar-refractivity contribution is -0.116. The molecule has 70 valence electrons. The Morgan fingerprint density at radius 3 is 2.62 bits per heavy atom. The van der Waals surface area contributed by atoms with Gasteiger partial charge in [-0.2, -0.15) is 0 Å². The number of rotatable bonds is 4. The average Bonchev–Trinajstić information content (AvgIpc) is 2.16. The molecule has 0 atom stereocenters. The van der Waals surface area contributed by atoms with Gasteiger partial charge >= 0.3 is 0 Å². The van der Waals surface area contributed by atoms with Crippen molar-refractivity contribution >= 4 is 11.6 Å². The molecule has 0 aromatic heterocycles. The van der Waals surface area contributed by atoms with Crippen LogP contribution in [0, 0.1) is 0 Å². The van der Waals surface area contributed by atoms with Crippen LogP contribution in [-0.4, -0.2) is 19.5 Å². The largest absolute Gasteiger partial charge is 0.326 e. The third-order valence-electron chi connectivity index (χ3n) is 1.66. The van der Waals surface area contributed by atoms with E-state index in [1.807, 2.05) is 37.4 Å². The van der Waals surface area contributed by atoms with E-state index in [1.54, 1.807) is 0 Å². The predicted molar refractivity (Wildman–Crippen MR) is 53.6 cm³/mol. The first-order chi connectivity index (χ1) is 6.33. The number of amides is 1. The summed E-state index contributed by atoms with van der Waals surface area (Å²) in [7, 11) is 1.83. The number of hydrogen-bond acceptors (Lipinski definition) is 2. The van der Waals surface area contributed by atoms with Crippen LogP contribution in [-0.2, 0) is 4.79 Å². The summed E-state index contributed by atoms with van der Waals surface area (Å²) >= 11 is 0. The van der Waals surface area contributed by atoms with Gasteiger partial charge in [0.05, 0.1) is 0 Å². The predicted octanol–water partition coefficient (Wildman–Crippen LogP) is 1.23. The van der Waals surface area contributed by atoms with Gasteiger partial charge in [-0.25, -0.2) is 0 Å². The zero-order valence-electron chi connectivity index (χ0n) is 7.71. The van der Waals surface area contributed by atoms with Crippen LogP contribution in [0.5, 0.6) is 0 Å². The van der Waals surface area contributed by atoms with Gasteiger partial charge in [-0.1, -0.05) is 18.2 Å². The van der Waals surface area contributed by atoms with E-state index in [2.05, 4.69) is 10.6 Å². The molecule has 13 heavy (non-hydrogen) atoms. The summed E-state index contributed by atoms with van der Waals surface area (Å²) in [6.07, 6.45) is 0.505. The van der Waals surface area contributed by atoms with Crippen molar-refractivity contribution in [2.75, 3.05) is 18.9 Å². The Morgan fingerprint density at radius 2 is 2.00 bits per heavy atom. The number of carbonyl (C=O) groups excluding carboxylic acids is 1. The summed E-state index contributed by atoms with van der Waals surface area (Å²) in [4.78, 5) is 11.2. The van der Waals surface area contributed by atoms with Gasteiger partial charge in [0.1, 0.15) is 0 Å². The summed E-state index contributed by atoms with van der Waals surface area (Å²) in [6, 6.07) is 9.46. The molecule has 1 rings (SSSR count). The highest BCUT2D eigenvalue weighted by Gasteiger charge is 1.99. The van der Waals surface area contributed by atoms with Gasteiger partial charge in [0, 0.05) is 18.7 Å². The molecule has 0 saturated heterocycles. The molecule has 3 nitrogen and oxygen atoms in total. The Hall–Kier alpha value is -1.35. The van der Waals surface area contributed by atoms with Crippen LogP contribution in [0.3, 0.4) is 0 Å². The highest BCUT2D eigenvalue weighted by Crippen LogP contribution is 2.04. The van der Waals surface area contributed by atoms with Gasteiger partial charge in [-0.15, -0.1) is 0 Å². The maximum Gasteiger partial charge on any atom is 0.225 e. The monoisotopic (exact) mass is 178 g/mol. The summed E-state index contributed by atoms with van der Waals surface area (Å²) in [5, 5.41) is 5.72. The van der Waals surface area contributed by atoms with Crippen LogP contribution in [0.25, 0.3) is 0 Å². The summed E-state index contributed by atoms with van der Waals surface area (Å²) in [6.45, 7) is 0.707. The zero-order chi connectivity index (χ0) is 9.52. The Kier molecular flexibility index (Phi) is 3.99. The van der Waals surface area contributed by atoms with Gasteiger partial charge in [0.25, 0.3) is 0 Å². The van der Waals surface area contributed by atoms with Crippen LogP contribution < -0.4 is 10.6 Å². The number of anilines is 1. The Labute approximate surface area is 78.2 Å². The molecule has 2 N–H and O–H groups in total. The number of benzene rings is 1. The van der Waals surface area contributed by atoms with E-state index in [0.29, 0.717) is 13.0 Å². The van der Waals surface area contributed by atoms with E-state index in [1.165, 1.54) is 0 Å². The summed E-state index contributed by atoms with van der Waals surface area (Å²) < 4.78 is 0. The molecule has 0 aliphatic rings. The fourth-order valence-corrected chi connectivity index (χ4v) is 0.984. The molecule has 0 spiro atoms. The van der Waals surface area contributed by atoms with Crippen molar-refractivity contribution in [1.29, 1.82) is 0 Å². The van der Waals surface area contributed by atoms with Gasteiger partial charge in [0.2, 0.25) is 5.91 Å². The third kappa shape index (κ3) is 3.71. The molecule has 0 unspecified atom stereocenters. The number of carbonyl (C=O) groups is 1. The standard InChI is InChI=1S/C10H14N2O/c1-11-8-7-10(13)12-9-5-3-2-4-6-9/h2-6,11H,7-8H2,1H3,(H,12,13). The molecule has 1 amide bonds. The Balaban J connectivity index is 2.37. The van der Waals surface area contributed by atoms with E-state index in [4.69, 9.17) is 0 Å². The second kappa shape index (κ2) is 5.32. The first-order valence-electron chi connectivity index (χ1n) is 4.32. The highest BCUT2D eigenvalue weighted by atomic mass is 16.1. The molecule has 0 aliphatic carbocycles. The molecule has 0 heterocycles. The molecule has 0 fully saturated rings. The lowest BCUT2D eigenvalue weighted by Crippen LogP contribution is -2.18. The van der Waals surface area contributed by atoms with Gasteiger partial charge < -0.3 is 10.6 Å². The molecule has 1 aromatic rings. The minimum atomic E-state index is 0.0422. The fraction of sp³-hybridized carbons (Fsp3) is 0.300. The van der Waals surface area contributed by atoms with Crippen LogP contribution in [0.2, 0.25) is 0 Å². The van der Waals surface area contributed by atoms with Gasteiger partial charge in [-0.3, -0.25) is 4.79 Å². The second-order valence-electron chi connectivity index (χ2n) is 2.77. The molecular formula is C10H14N2O. The first kappa shape index (κ1) is 9.74. The number of para-hydroxylation sites is 1. The van der Waals surface area contributed by atoms with Crippen molar-refractivity contribution in [2.24, 2.45) is 0 Å². The van der Waals surface area contributed by atoms with Crippen LogP contribution in [0.15, 0.2) is 30.3 Å². The molecular weight excluding hydrogens is 164 g/mol. The Bertz CT molecular complexity index is 259. The normalized spacial score (nSPS) is 9.62. The quantitative estimate of drug-likeness (QED) is 0.728. The van der Waals surface area contributed by atoms with Crippen LogP contribution in [0.1, 0.15) is 6.42 Å². The van der Waals surface area contributed by atoms with Crippen LogP contribution in [0.4, 0.5) is 5.69 Å². The SMILES string of the molecule is CNCCC(=O)Nc1ccccc1.